The van der Waals surface area contributed by atoms with E-state index in [2.05, 4.69) is 31.2 Å². The van der Waals surface area contributed by atoms with Gasteiger partial charge in [-0.05, 0) is 48.8 Å². The minimum absolute atomic E-state index is 0.203. The summed E-state index contributed by atoms with van der Waals surface area (Å²) in [6.45, 7) is 5.80. The molecule has 1 N–H and O–H groups in total. The highest BCUT2D eigenvalue weighted by atomic mass is 79.9. The first-order chi connectivity index (χ1) is 8.88. The summed E-state index contributed by atoms with van der Waals surface area (Å²) in [4.78, 5) is 20.6. The summed E-state index contributed by atoms with van der Waals surface area (Å²) in [5, 5.41) is 5.81. The Morgan fingerprint density at radius 1 is 1.42 bits per heavy atom. The third kappa shape index (κ3) is 3.39. The summed E-state index contributed by atoms with van der Waals surface area (Å²) < 4.78 is 0.846. The Morgan fingerprint density at radius 3 is 2.68 bits per heavy atom. The van der Waals surface area contributed by atoms with Gasteiger partial charge in [0.1, 0.15) is 10.7 Å². The zero-order valence-corrected chi connectivity index (χ0v) is 13.3. The molecule has 2 heterocycles. The largest absolute Gasteiger partial charge is 0.339 e. The fraction of sp³-hybridized carbons (Fsp3) is 0.308. The van der Waals surface area contributed by atoms with Gasteiger partial charge in [-0.25, -0.2) is 9.97 Å². The van der Waals surface area contributed by atoms with Crippen LogP contribution in [-0.2, 0) is 5.54 Å². The monoisotopic (exact) mass is 339 g/mol. The van der Waals surface area contributed by atoms with Crippen LogP contribution in [0.4, 0.5) is 0 Å². The Balaban J connectivity index is 2.16. The highest BCUT2D eigenvalue weighted by Crippen LogP contribution is 2.24. The second-order valence-electron chi connectivity index (χ2n) is 4.73. The Morgan fingerprint density at radius 2 is 2.16 bits per heavy atom. The van der Waals surface area contributed by atoms with Crippen molar-refractivity contribution in [3.8, 4) is 0 Å². The minimum Gasteiger partial charge on any atom is -0.339 e. The van der Waals surface area contributed by atoms with Gasteiger partial charge in [-0.15, -0.1) is 11.3 Å². The maximum Gasteiger partial charge on any atom is 0.270 e. The first kappa shape index (κ1) is 14.1. The maximum atomic E-state index is 12.1. The molecular weight excluding hydrogens is 326 g/mol. The second kappa shape index (κ2) is 5.38. The first-order valence-electron chi connectivity index (χ1n) is 5.75. The number of aryl methyl sites for hydroxylation is 1. The summed E-state index contributed by atoms with van der Waals surface area (Å²) in [6.07, 6.45) is 1.61. The molecule has 0 saturated heterocycles. The zero-order valence-electron chi connectivity index (χ0n) is 10.9. The Kier molecular flexibility index (Phi) is 4.01. The molecule has 0 aliphatic rings. The number of nitrogens with one attached hydrogen (secondary N) is 1. The Hall–Kier alpha value is -1.27. The summed E-state index contributed by atoms with van der Waals surface area (Å²) in [7, 11) is 0. The van der Waals surface area contributed by atoms with Crippen molar-refractivity contribution in [2.45, 2.75) is 26.3 Å². The first-order valence-corrected chi connectivity index (χ1v) is 7.42. The fourth-order valence-electron chi connectivity index (χ4n) is 1.55. The zero-order chi connectivity index (χ0) is 14.0. The van der Waals surface area contributed by atoms with E-state index < -0.39 is 5.54 Å². The van der Waals surface area contributed by atoms with Crippen molar-refractivity contribution >= 4 is 33.2 Å². The highest BCUT2D eigenvalue weighted by Gasteiger charge is 2.26. The lowest BCUT2D eigenvalue weighted by atomic mass is 10.1. The number of hydrogen-bond donors (Lipinski definition) is 1. The van der Waals surface area contributed by atoms with Gasteiger partial charge in [0.15, 0.2) is 0 Å². The molecule has 4 nitrogen and oxygen atoms in total. The topological polar surface area (TPSA) is 54.9 Å². The number of nitrogens with zero attached hydrogens (tertiary/aromatic N) is 2. The number of rotatable bonds is 3. The van der Waals surface area contributed by atoms with E-state index in [9.17, 15) is 4.79 Å². The normalized spacial score (nSPS) is 11.4. The number of amides is 1. The van der Waals surface area contributed by atoms with E-state index in [0.29, 0.717) is 5.69 Å². The minimum atomic E-state index is -0.509. The van der Waals surface area contributed by atoms with Crippen LogP contribution in [0.5, 0.6) is 0 Å². The Labute approximate surface area is 124 Å². The Bertz CT molecular complexity index is 592. The van der Waals surface area contributed by atoms with Crippen LogP contribution >= 0.6 is 27.3 Å². The lowest BCUT2D eigenvalue weighted by Gasteiger charge is -2.23. The van der Waals surface area contributed by atoms with Gasteiger partial charge in [0.05, 0.1) is 5.54 Å². The van der Waals surface area contributed by atoms with E-state index in [4.69, 9.17) is 0 Å². The van der Waals surface area contributed by atoms with E-state index in [0.717, 1.165) is 15.2 Å². The highest BCUT2D eigenvalue weighted by molar-refractivity contribution is 9.10. The lowest BCUT2D eigenvalue weighted by molar-refractivity contribution is 0.0906. The van der Waals surface area contributed by atoms with Crippen LogP contribution in [0.1, 0.15) is 35.0 Å². The quantitative estimate of drug-likeness (QED) is 0.933. The molecule has 0 saturated carbocycles. The van der Waals surface area contributed by atoms with Crippen LogP contribution in [0.15, 0.2) is 28.2 Å². The number of hydrogen-bond acceptors (Lipinski definition) is 4. The summed E-state index contributed by atoms with van der Waals surface area (Å²) in [6, 6.07) is 3.48. The molecule has 0 bridgehead atoms. The predicted octanol–water partition coefficient (Wildman–Crippen LogP) is 3.27. The molecule has 0 unspecified atom stereocenters. The van der Waals surface area contributed by atoms with Crippen LogP contribution in [0.25, 0.3) is 0 Å². The van der Waals surface area contributed by atoms with Gasteiger partial charge in [0, 0.05) is 21.7 Å². The molecule has 2 aromatic rings. The van der Waals surface area contributed by atoms with Gasteiger partial charge >= 0.3 is 0 Å². The molecule has 100 valence electrons. The van der Waals surface area contributed by atoms with E-state index in [1.807, 2.05) is 26.2 Å². The molecule has 0 radical (unpaired) electrons. The van der Waals surface area contributed by atoms with Crippen LogP contribution in [0.2, 0.25) is 0 Å². The number of carbonyl (C=O) groups excluding carboxylic acids is 1. The van der Waals surface area contributed by atoms with Gasteiger partial charge < -0.3 is 5.32 Å². The molecule has 6 heteroatoms. The van der Waals surface area contributed by atoms with E-state index in [-0.39, 0.29) is 5.91 Å². The van der Waals surface area contributed by atoms with Crippen LogP contribution in [-0.4, -0.2) is 15.9 Å². The maximum absolute atomic E-state index is 12.1. The average Bonchev–Trinajstić information content (AvgIpc) is 2.77. The molecule has 0 aliphatic carbocycles. The molecule has 19 heavy (non-hydrogen) atoms. The number of aromatic nitrogens is 2. The van der Waals surface area contributed by atoms with Crippen molar-refractivity contribution in [2.75, 3.05) is 0 Å². The van der Waals surface area contributed by atoms with E-state index in [1.165, 1.54) is 0 Å². The smallest absolute Gasteiger partial charge is 0.270 e. The molecule has 1 amide bonds. The van der Waals surface area contributed by atoms with Gasteiger partial charge in [0.2, 0.25) is 0 Å². The number of pyridine rings is 1. The molecule has 0 aromatic carbocycles. The third-order valence-electron chi connectivity index (χ3n) is 2.54. The average molecular weight is 340 g/mol. The second-order valence-corrected chi connectivity index (χ2v) is 6.51. The summed E-state index contributed by atoms with van der Waals surface area (Å²) >= 11 is 4.84. The van der Waals surface area contributed by atoms with Crippen LogP contribution in [0, 0.1) is 6.92 Å². The van der Waals surface area contributed by atoms with Crippen molar-refractivity contribution in [2.24, 2.45) is 0 Å². The van der Waals surface area contributed by atoms with Crippen molar-refractivity contribution in [3.63, 3.8) is 0 Å². The molecule has 0 spiro atoms. The SMILES string of the molecule is Cc1csc(C(C)(C)NC(=O)c2ccc(Br)cn2)n1. The van der Waals surface area contributed by atoms with Gasteiger partial charge in [-0.2, -0.15) is 0 Å². The molecule has 2 aromatic heterocycles. The van der Waals surface area contributed by atoms with Crippen molar-refractivity contribution in [1.29, 1.82) is 0 Å². The van der Waals surface area contributed by atoms with Crippen molar-refractivity contribution < 1.29 is 4.79 Å². The van der Waals surface area contributed by atoms with Crippen molar-refractivity contribution in [3.05, 3.63) is 44.6 Å². The van der Waals surface area contributed by atoms with Gasteiger partial charge in [-0.3, -0.25) is 4.79 Å². The molecule has 0 atom stereocenters. The van der Waals surface area contributed by atoms with Crippen LogP contribution in [0.3, 0.4) is 0 Å². The lowest BCUT2D eigenvalue weighted by Crippen LogP contribution is -2.41. The molecule has 2 rings (SSSR count). The summed E-state index contributed by atoms with van der Waals surface area (Å²) in [5.74, 6) is -0.203. The summed E-state index contributed by atoms with van der Waals surface area (Å²) in [5.41, 5.74) is 0.846. The number of thiazole rings is 1. The third-order valence-corrected chi connectivity index (χ3v) is 4.29. The number of carbonyl (C=O) groups is 1. The molecule has 0 aliphatic heterocycles. The fourth-order valence-corrected chi connectivity index (χ4v) is 2.66. The van der Waals surface area contributed by atoms with E-state index >= 15 is 0 Å². The molecule has 0 fully saturated rings. The number of halogens is 1. The van der Waals surface area contributed by atoms with Gasteiger partial charge in [-0.1, -0.05) is 0 Å². The standard InChI is InChI=1S/C13H14BrN3OS/c1-8-7-19-12(16-8)13(2,3)17-11(18)10-5-4-9(14)6-15-10/h4-7H,1-3H3,(H,17,18). The van der Waals surface area contributed by atoms with Gasteiger partial charge in [0.25, 0.3) is 5.91 Å². The molecular formula is C13H14BrN3OS. The predicted molar refractivity (Wildman–Crippen MR) is 79.3 cm³/mol. The van der Waals surface area contributed by atoms with E-state index in [1.54, 1.807) is 29.7 Å². The van der Waals surface area contributed by atoms with Crippen LogP contribution < -0.4 is 5.32 Å². The van der Waals surface area contributed by atoms with Crippen molar-refractivity contribution in [1.82, 2.24) is 15.3 Å².